The number of ether oxygens (including phenoxy) is 1. The predicted molar refractivity (Wildman–Crippen MR) is 87.7 cm³/mol. The van der Waals surface area contributed by atoms with Crippen molar-refractivity contribution in [2.24, 2.45) is 23.7 Å². The van der Waals surface area contributed by atoms with Gasteiger partial charge in [0.15, 0.2) is 0 Å². The van der Waals surface area contributed by atoms with E-state index >= 15 is 0 Å². The number of rotatable bonds is 7. The van der Waals surface area contributed by atoms with E-state index in [4.69, 9.17) is 4.74 Å². The molecule has 0 heterocycles. The van der Waals surface area contributed by atoms with Gasteiger partial charge < -0.3 is 0 Å². The van der Waals surface area contributed by atoms with E-state index in [2.05, 4.69) is 20.8 Å². The summed E-state index contributed by atoms with van der Waals surface area (Å²) in [6.07, 6.45) is 4.25. The van der Waals surface area contributed by atoms with E-state index in [0.29, 0.717) is 28.9 Å². The van der Waals surface area contributed by atoms with Crippen LogP contribution in [0.2, 0.25) is 4.71 Å². The van der Waals surface area contributed by atoms with Gasteiger partial charge in [-0.15, -0.1) is 0 Å². The summed E-state index contributed by atoms with van der Waals surface area (Å²) in [6, 6.07) is 0. The molecule has 3 nitrogen and oxygen atoms in total. The Morgan fingerprint density at radius 1 is 1.24 bits per heavy atom. The zero-order valence-corrected chi connectivity index (χ0v) is 16.2. The molecule has 1 saturated carbocycles. The van der Waals surface area contributed by atoms with Gasteiger partial charge in [-0.3, -0.25) is 0 Å². The number of esters is 1. The molecule has 3 unspecified atom stereocenters. The molecule has 0 N–H and O–H groups in total. The average Bonchev–Trinajstić information content (AvgIpc) is 2.43. The first-order valence-corrected chi connectivity index (χ1v) is 10.6. The first-order chi connectivity index (χ1) is 9.86. The van der Waals surface area contributed by atoms with Gasteiger partial charge in [0.25, 0.3) is 0 Å². The van der Waals surface area contributed by atoms with Gasteiger partial charge in [0.05, 0.1) is 0 Å². The molecular weight excluding hydrogens is 327 g/mol. The Hall–Kier alpha value is -0.302. The molecule has 1 rings (SSSR count). The van der Waals surface area contributed by atoms with Gasteiger partial charge in [0.1, 0.15) is 0 Å². The molecule has 0 aromatic heterocycles. The number of carbonyl (C=O) groups excluding carboxylic acids is 2. The van der Waals surface area contributed by atoms with Gasteiger partial charge in [-0.2, -0.15) is 0 Å². The van der Waals surface area contributed by atoms with Crippen molar-refractivity contribution in [2.75, 3.05) is 6.61 Å². The van der Waals surface area contributed by atoms with Gasteiger partial charge in [-0.1, -0.05) is 0 Å². The van der Waals surface area contributed by atoms with Crippen LogP contribution in [0.15, 0.2) is 0 Å². The summed E-state index contributed by atoms with van der Waals surface area (Å²) in [7, 11) is 0. The predicted octanol–water partition coefficient (Wildman–Crippen LogP) is 3.42. The van der Waals surface area contributed by atoms with Crippen LogP contribution in [0.5, 0.6) is 0 Å². The number of carbonyl (C=O) groups is 2. The topological polar surface area (TPSA) is 43.4 Å². The second kappa shape index (κ2) is 8.98. The van der Waals surface area contributed by atoms with Crippen LogP contribution in [0.25, 0.3) is 0 Å². The van der Waals surface area contributed by atoms with Gasteiger partial charge in [0, 0.05) is 0 Å². The second-order valence-electron chi connectivity index (χ2n) is 6.83. The van der Waals surface area contributed by atoms with Crippen molar-refractivity contribution >= 4 is 26.3 Å². The maximum absolute atomic E-state index is 12.7. The summed E-state index contributed by atoms with van der Waals surface area (Å²) in [5.41, 5.74) is 0. The van der Waals surface area contributed by atoms with E-state index in [1.165, 1.54) is 6.42 Å². The van der Waals surface area contributed by atoms with E-state index in [1.54, 1.807) is 0 Å². The molecular formula is C17H31AsO3. The average molecular weight is 358 g/mol. The quantitative estimate of drug-likeness (QED) is 0.517. The summed E-state index contributed by atoms with van der Waals surface area (Å²) in [6.45, 7) is 11.0. The van der Waals surface area contributed by atoms with Crippen LogP contribution in [-0.2, 0) is 14.3 Å². The van der Waals surface area contributed by atoms with Crippen LogP contribution in [0.1, 0.15) is 60.3 Å². The Balaban J connectivity index is 2.60. The molecule has 122 valence electrons. The summed E-state index contributed by atoms with van der Waals surface area (Å²) >= 11 is -0.920. The second-order valence-corrected chi connectivity index (χ2v) is 10.3. The normalized spacial score (nSPS) is 28.0. The maximum atomic E-state index is 12.7. The van der Waals surface area contributed by atoms with Crippen LogP contribution in [0.3, 0.4) is 0 Å². The molecule has 0 bridgehead atoms. The minimum absolute atomic E-state index is 0.171. The standard InChI is InChI=1S/C17H31AsO3/c1-6-9-21-17(20)13(5)18-16(19)15-10-12(4)7-8-14(15)11(2)3/h11-15,18H,6-10H2,1-5H3/t12-,13-,14?,15?/m1/s1. The van der Waals surface area contributed by atoms with Crippen molar-refractivity contribution in [3.63, 3.8) is 0 Å². The van der Waals surface area contributed by atoms with Crippen LogP contribution < -0.4 is 0 Å². The van der Waals surface area contributed by atoms with Gasteiger partial charge in [-0.05, 0) is 0 Å². The molecule has 1 aliphatic carbocycles. The summed E-state index contributed by atoms with van der Waals surface area (Å²) in [4.78, 5) is 24.6. The van der Waals surface area contributed by atoms with Crippen molar-refractivity contribution in [3.8, 4) is 0 Å². The summed E-state index contributed by atoms with van der Waals surface area (Å²) in [5.74, 6) is 1.73. The van der Waals surface area contributed by atoms with Crippen molar-refractivity contribution in [1.29, 1.82) is 0 Å². The zero-order valence-electron chi connectivity index (χ0n) is 14.1. The monoisotopic (exact) mass is 358 g/mol. The fraction of sp³-hybridized carbons (Fsp3) is 0.882. The molecule has 0 aromatic carbocycles. The minimum atomic E-state index is -0.920. The molecule has 4 heteroatoms. The molecule has 5 atom stereocenters. The first-order valence-electron chi connectivity index (χ1n) is 8.33. The number of hydrogen-bond donors (Lipinski definition) is 0. The molecule has 1 aliphatic rings. The Kier molecular flexibility index (Phi) is 8.01. The fourth-order valence-corrected chi connectivity index (χ4v) is 5.67. The number of hydrogen-bond acceptors (Lipinski definition) is 3. The third kappa shape index (κ3) is 5.77. The van der Waals surface area contributed by atoms with Crippen LogP contribution in [0.4, 0.5) is 0 Å². The molecule has 0 saturated heterocycles. The van der Waals surface area contributed by atoms with E-state index in [1.807, 2.05) is 13.8 Å². The molecule has 1 fully saturated rings. The van der Waals surface area contributed by atoms with Crippen LogP contribution in [0, 0.1) is 23.7 Å². The van der Waals surface area contributed by atoms with E-state index in [9.17, 15) is 9.59 Å². The van der Waals surface area contributed by atoms with Crippen molar-refractivity contribution in [2.45, 2.75) is 65.0 Å². The van der Waals surface area contributed by atoms with Crippen LogP contribution in [-0.4, -0.2) is 32.9 Å². The molecule has 21 heavy (non-hydrogen) atoms. The van der Waals surface area contributed by atoms with Gasteiger partial charge in [-0.25, -0.2) is 0 Å². The van der Waals surface area contributed by atoms with Crippen molar-refractivity contribution in [1.82, 2.24) is 0 Å². The molecule has 0 spiro atoms. The Labute approximate surface area is 136 Å². The van der Waals surface area contributed by atoms with E-state index < -0.39 is 15.8 Å². The third-order valence-electron chi connectivity index (χ3n) is 4.52. The van der Waals surface area contributed by atoms with Crippen molar-refractivity contribution in [3.05, 3.63) is 0 Å². The van der Waals surface area contributed by atoms with E-state index in [0.717, 1.165) is 19.3 Å². The Bertz CT molecular complexity index is 354. The van der Waals surface area contributed by atoms with Gasteiger partial charge >= 0.3 is 136 Å². The third-order valence-corrected chi connectivity index (χ3v) is 7.30. The molecule has 0 radical (unpaired) electrons. The summed E-state index contributed by atoms with van der Waals surface area (Å²) in [5, 5.41) is 0. The van der Waals surface area contributed by atoms with E-state index in [-0.39, 0.29) is 16.6 Å². The SMILES string of the molecule is CCCOC(=O)[C@@H](C)[AsH]C(=O)C1C[C@H](C)CCC1C(C)C. The molecule has 0 amide bonds. The zero-order chi connectivity index (χ0) is 16.0. The first kappa shape index (κ1) is 18.7. The Morgan fingerprint density at radius 3 is 2.48 bits per heavy atom. The van der Waals surface area contributed by atoms with Crippen molar-refractivity contribution < 1.29 is 14.3 Å². The van der Waals surface area contributed by atoms with Crippen LogP contribution >= 0.6 is 0 Å². The van der Waals surface area contributed by atoms with Gasteiger partial charge in [0.2, 0.25) is 0 Å². The molecule has 0 aliphatic heterocycles. The fourth-order valence-electron chi connectivity index (χ4n) is 3.21. The molecule has 0 aromatic rings. The summed E-state index contributed by atoms with van der Waals surface area (Å²) < 4.78 is 5.38. The Morgan fingerprint density at radius 2 is 1.90 bits per heavy atom.